The van der Waals surface area contributed by atoms with Crippen LogP contribution in [0.2, 0.25) is 0 Å². The van der Waals surface area contributed by atoms with Gasteiger partial charge in [-0.3, -0.25) is 24.2 Å². The number of hydrogen-bond donors (Lipinski definition) is 5. The van der Waals surface area contributed by atoms with Gasteiger partial charge in [0.05, 0.1) is 41.3 Å². The van der Waals surface area contributed by atoms with Gasteiger partial charge in [0.25, 0.3) is 11.1 Å². The highest BCUT2D eigenvalue weighted by Crippen LogP contribution is 2.35. The first-order valence-electron chi connectivity index (χ1n) is 23.0. The van der Waals surface area contributed by atoms with Crippen molar-refractivity contribution in [1.29, 1.82) is 5.26 Å². The lowest BCUT2D eigenvalue weighted by atomic mass is 9.86. The molecule has 348 valence electrons. The van der Waals surface area contributed by atoms with Crippen LogP contribution in [-0.4, -0.2) is 94.8 Å². The van der Waals surface area contributed by atoms with Gasteiger partial charge in [-0.1, -0.05) is 12.1 Å². The molecular weight excluding hydrogens is 869 g/mol. The number of hydrogen-bond acceptors (Lipinski definition) is 14. The van der Waals surface area contributed by atoms with E-state index in [1.807, 2.05) is 36.4 Å². The number of nitrogens with two attached hydrogens (primary N) is 1. The summed E-state index contributed by atoms with van der Waals surface area (Å²) in [6.07, 6.45) is 17.1. The van der Waals surface area contributed by atoms with Crippen LogP contribution >= 0.6 is 0 Å². The third-order valence-corrected chi connectivity index (χ3v) is 13.0. The Bertz CT molecular complexity index is 3280. The number of rotatable bonds is 11. The number of amides is 1. The van der Waals surface area contributed by atoms with Gasteiger partial charge in [0, 0.05) is 59.7 Å². The highest BCUT2D eigenvalue weighted by Gasteiger charge is 2.24. The number of fused-ring (bicyclic) bond motifs is 2. The van der Waals surface area contributed by atoms with E-state index in [0.29, 0.717) is 58.7 Å². The normalized spacial score (nSPS) is 14.7. The largest absolute Gasteiger partial charge is 0.369 e. The lowest BCUT2D eigenvalue weighted by Gasteiger charge is -2.32. The van der Waals surface area contributed by atoms with E-state index in [9.17, 15) is 14.4 Å². The van der Waals surface area contributed by atoms with Crippen LogP contribution in [-0.2, 0) is 4.79 Å². The van der Waals surface area contributed by atoms with E-state index < -0.39 is 0 Å². The molecule has 1 amide bonds. The van der Waals surface area contributed by atoms with E-state index in [2.05, 4.69) is 94.5 Å². The molecule has 8 aromatic rings. The number of benzene rings is 2. The Morgan fingerprint density at radius 2 is 1.10 bits per heavy atom. The number of carbonyl (C=O) groups excluding carboxylic acids is 1. The van der Waals surface area contributed by atoms with Crippen LogP contribution < -0.4 is 27.5 Å². The molecule has 6 aromatic heterocycles. The maximum absolute atomic E-state index is 12.7. The maximum atomic E-state index is 12.7. The molecular formula is C52H52N14O3. The number of nitrogens with zero attached hydrogens (tertiary/aromatic N) is 9. The summed E-state index contributed by atoms with van der Waals surface area (Å²) >= 11 is 0. The quantitative estimate of drug-likeness (QED) is 0.0805. The summed E-state index contributed by atoms with van der Waals surface area (Å²) in [6, 6.07) is 22.3. The van der Waals surface area contributed by atoms with Crippen molar-refractivity contribution >= 4 is 50.5 Å². The van der Waals surface area contributed by atoms with E-state index >= 15 is 0 Å². The van der Waals surface area contributed by atoms with Crippen LogP contribution in [0.3, 0.4) is 0 Å². The fourth-order valence-electron chi connectivity index (χ4n) is 9.59. The second kappa shape index (κ2) is 20.8. The summed E-state index contributed by atoms with van der Waals surface area (Å²) in [5.74, 6) is 1.63. The Hall–Kier alpha value is -8.20. The number of aromatic amines is 2. The molecule has 0 aliphatic carbocycles. The number of nitriles is 1. The van der Waals surface area contributed by atoms with Crippen LogP contribution in [0.15, 0.2) is 120 Å². The number of likely N-dealkylation sites (tertiary alicyclic amines) is 2. The standard InChI is InChI=1S/C26H27N7O2.C26H25N7O/c1-16-10-20(2-3-21(16)17-5-8-33(9-6-17)14-23(27)34)31-25-24-18(4-7-30-26(24)35)11-22(32-25)19-12-28-15-29-13-19;1-17-12-21(2-3-22(17)18-5-9-33(10-6-18)11-7-27)31-25-24-19(4-8-30-26(24)34)13-23(32-25)20-14-28-16-29-15-20/h2-4,7,10-13,15,17H,5-6,8-9,14H2,1H3,(H2,27,34)(H,30,35)(H,31,32);2-4,8,12-16,18H,5-6,9-11H2,1H3,(H,30,34)(H,31,32). The number of aryl methyl sites for hydroxylation is 2. The molecule has 0 radical (unpaired) electrons. The predicted octanol–water partition coefficient (Wildman–Crippen LogP) is 7.23. The van der Waals surface area contributed by atoms with Crippen LogP contribution in [0.4, 0.5) is 23.0 Å². The van der Waals surface area contributed by atoms with Gasteiger partial charge < -0.3 is 26.3 Å². The van der Waals surface area contributed by atoms with Crippen molar-refractivity contribution in [2.45, 2.75) is 51.4 Å². The predicted molar refractivity (Wildman–Crippen MR) is 267 cm³/mol. The molecule has 0 unspecified atom stereocenters. The molecule has 0 spiro atoms. The molecule has 17 heteroatoms. The van der Waals surface area contributed by atoms with Gasteiger partial charge in [0.2, 0.25) is 5.91 Å². The molecule has 6 N–H and O–H groups in total. The molecule has 69 heavy (non-hydrogen) atoms. The van der Waals surface area contributed by atoms with Crippen molar-refractivity contribution in [1.82, 2.24) is 49.7 Å². The zero-order valence-corrected chi connectivity index (χ0v) is 38.4. The first-order valence-corrected chi connectivity index (χ1v) is 23.0. The Morgan fingerprint density at radius 3 is 1.51 bits per heavy atom. The fourth-order valence-corrected chi connectivity index (χ4v) is 9.59. The van der Waals surface area contributed by atoms with Crippen LogP contribution in [0.5, 0.6) is 0 Å². The van der Waals surface area contributed by atoms with Crippen molar-refractivity contribution in [3.63, 3.8) is 0 Å². The summed E-state index contributed by atoms with van der Waals surface area (Å²) in [7, 11) is 0. The molecule has 2 aliphatic heterocycles. The molecule has 10 rings (SSSR count). The topological polar surface area (TPSA) is 240 Å². The number of carbonyl (C=O) groups is 1. The SMILES string of the molecule is Cc1cc(Nc2nc(-c3cncnc3)cc3cc[nH]c(=O)c23)ccc1C1CCN(CC#N)CC1.Cc1cc(Nc2nc(-c3cncnc3)cc3cc[nH]c(=O)c23)ccc1C1CCN(CC(N)=O)CC1. The second-order valence-electron chi connectivity index (χ2n) is 17.6. The monoisotopic (exact) mass is 920 g/mol. The van der Waals surface area contributed by atoms with Gasteiger partial charge >= 0.3 is 0 Å². The number of H-pyrrole nitrogens is 2. The number of anilines is 4. The van der Waals surface area contributed by atoms with Crippen molar-refractivity contribution in [2.24, 2.45) is 5.73 Å². The molecule has 2 aromatic carbocycles. The van der Waals surface area contributed by atoms with Crippen molar-refractivity contribution in [3.05, 3.63) is 153 Å². The van der Waals surface area contributed by atoms with Gasteiger partial charge in [-0.25, -0.2) is 29.9 Å². The third kappa shape index (κ3) is 10.7. The van der Waals surface area contributed by atoms with Gasteiger partial charge in [-0.05, 0) is 159 Å². The summed E-state index contributed by atoms with van der Waals surface area (Å²) in [6.45, 7) is 8.68. The van der Waals surface area contributed by atoms with E-state index in [1.165, 1.54) is 34.9 Å². The zero-order valence-electron chi connectivity index (χ0n) is 38.4. The minimum absolute atomic E-state index is 0.194. The molecule has 2 aliphatic rings. The Labute approximate surface area is 398 Å². The molecule has 0 atom stereocenters. The van der Waals surface area contributed by atoms with E-state index in [4.69, 9.17) is 21.0 Å². The maximum Gasteiger partial charge on any atom is 0.259 e. The highest BCUT2D eigenvalue weighted by atomic mass is 16.1. The number of pyridine rings is 4. The summed E-state index contributed by atoms with van der Waals surface area (Å²) < 4.78 is 0. The van der Waals surface area contributed by atoms with Crippen LogP contribution in [0.25, 0.3) is 44.1 Å². The molecule has 17 nitrogen and oxygen atoms in total. The summed E-state index contributed by atoms with van der Waals surface area (Å²) in [5.41, 5.74) is 14.6. The van der Waals surface area contributed by atoms with Crippen molar-refractivity contribution in [3.8, 4) is 28.6 Å². The molecule has 0 saturated carbocycles. The van der Waals surface area contributed by atoms with Crippen molar-refractivity contribution < 1.29 is 4.79 Å². The van der Waals surface area contributed by atoms with Crippen molar-refractivity contribution in [2.75, 3.05) is 49.9 Å². The number of piperidine rings is 2. The number of aromatic nitrogens is 8. The van der Waals surface area contributed by atoms with E-state index in [1.54, 1.807) is 37.2 Å². The molecule has 0 bridgehead atoms. The molecule has 2 fully saturated rings. The number of primary amides is 1. The Morgan fingerprint density at radius 1 is 0.667 bits per heavy atom. The van der Waals surface area contributed by atoms with Crippen LogP contribution in [0, 0.1) is 25.2 Å². The Kier molecular flexibility index (Phi) is 13.8. The van der Waals surface area contributed by atoms with Gasteiger partial charge in [-0.2, -0.15) is 5.26 Å². The average Bonchev–Trinajstić information content (AvgIpc) is 3.35. The lowest BCUT2D eigenvalue weighted by molar-refractivity contribution is -0.119. The van der Waals surface area contributed by atoms with E-state index in [-0.39, 0.29) is 17.0 Å². The average molecular weight is 921 g/mol. The summed E-state index contributed by atoms with van der Waals surface area (Å²) in [5, 5.41) is 18.2. The lowest BCUT2D eigenvalue weighted by Crippen LogP contribution is -2.39. The Balaban J connectivity index is 0.000000172. The van der Waals surface area contributed by atoms with Gasteiger partial charge in [0.1, 0.15) is 24.3 Å². The third-order valence-electron chi connectivity index (χ3n) is 13.0. The summed E-state index contributed by atoms with van der Waals surface area (Å²) in [4.78, 5) is 72.2. The first kappa shape index (κ1) is 45.9. The second-order valence-corrected chi connectivity index (χ2v) is 17.6. The molecule has 8 heterocycles. The van der Waals surface area contributed by atoms with E-state index in [0.717, 1.165) is 85.1 Å². The zero-order chi connectivity index (χ0) is 47.9. The van der Waals surface area contributed by atoms with Gasteiger partial charge in [-0.15, -0.1) is 0 Å². The highest BCUT2D eigenvalue weighted by molar-refractivity contribution is 5.96. The molecule has 2 saturated heterocycles. The minimum atomic E-state index is -0.279. The number of nitrogens with one attached hydrogen (secondary N) is 4. The van der Waals surface area contributed by atoms with Gasteiger partial charge in [0.15, 0.2) is 0 Å². The first-order chi connectivity index (χ1) is 33.6. The van der Waals surface area contributed by atoms with Crippen LogP contribution in [0.1, 0.15) is 59.8 Å². The fraction of sp³-hybridized carbons (Fsp3) is 0.269. The minimum Gasteiger partial charge on any atom is -0.369 e. The smallest absolute Gasteiger partial charge is 0.259 e.